The smallest absolute Gasteiger partial charge is 0.118 e. The van der Waals surface area contributed by atoms with Crippen LogP contribution in [0.15, 0.2) is 6.07 Å². The van der Waals surface area contributed by atoms with E-state index in [1.807, 2.05) is 0 Å². The van der Waals surface area contributed by atoms with Crippen molar-refractivity contribution < 1.29 is 0 Å². The average molecular weight is 150 g/mol. The number of rotatable bonds is 0. The highest BCUT2D eigenvalue weighted by Crippen LogP contribution is 2.06. The molecule has 0 bridgehead atoms. The second-order valence-corrected chi connectivity index (χ2v) is 1.85. The molecule has 0 aliphatic heterocycles. The first-order valence-electron chi connectivity index (χ1n) is 1.80. The van der Waals surface area contributed by atoms with Crippen LogP contribution in [0.5, 0.6) is 0 Å². The summed E-state index contributed by atoms with van der Waals surface area (Å²) in [5, 5.41) is 10.4. The molecule has 0 spiro atoms. The molecule has 0 amide bonds. The van der Waals surface area contributed by atoms with E-state index in [9.17, 15) is 0 Å². The van der Waals surface area contributed by atoms with Gasteiger partial charge in [-0.25, -0.2) is 0 Å². The quantitative estimate of drug-likeness (QED) is 0.557. The first-order chi connectivity index (χ1) is 3.79. The normalized spacial score (nSPS) is 9.25. The maximum absolute atomic E-state index is 5.35. The third kappa shape index (κ3) is 1.28. The molecule has 0 aliphatic carbocycles. The van der Waals surface area contributed by atoms with Gasteiger partial charge in [-0.15, -0.1) is 10.2 Å². The first kappa shape index (κ1) is 5.72. The minimum absolute atomic E-state index is 0.255. The average Bonchev–Trinajstić information content (AvgIpc) is 1.64. The second kappa shape index (κ2) is 2.24. The number of hydrogen-bond acceptors (Lipinski definition) is 3. The van der Waals surface area contributed by atoms with Crippen LogP contribution in [0.4, 0.5) is 0 Å². The maximum atomic E-state index is 5.35. The van der Waals surface area contributed by atoms with Crippen LogP contribution in [-0.4, -0.2) is 15.4 Å². The molecule has 5 heteroatoms. The van der Waals surface area contributed by atoms with E-state index < -0.39 is 0 Å². The number of halogens is 2. The van der Waals surface area contributed by atoms with E-state index in [-0.39, 0.29) is 10.3 Å². The van der Waals surface area contributed by atoms with Gasteiger partial charge in [0.1, 0.15) is 0 Å². The Kier molecular flexibility index (Phi) is 1.60. The van der Waals surface area contributed by atoms with Crippen molar-refractivity contribution in [2.24, 2.45) is 0 Å². The van der Waals surface area contributed by atoms with Crippen molar-refractivity contribution in [3.63, 3.8) is 0 Å². The Morgan fingerprint density at radius 1 is 1.12 bits per heavy atom. The van der Waals surface area contributed by atoms with Gasteiger partial charge in [0.05, 0.1) is 0 Å². The van der Waals surface area contributed by atoms with Crippen molar-refractivity contribution in [1.82, 2.24) is 15.4 Å². The maximum Gasteiger partial charge on any atom is 0.156 e. The summed E-state index contributed by atoms with van der Waals surface area (Å²) >= 11 is 10.7. The van der Waals surface area contributed by atoms with Crippen molar-refractivity contribution in [2.75, 3.05) is 0 Å². The molecule has 0 fully saturated rings. The van der Waals surface area contributed by atoms with Gasteiger partial charge < -0.3 is 0 Å². The van der Waals surface area contributed by atoms with Gasteiger partial charge in [-0.05, 0) is 5.21 Å². The van der Waals surface area contributed by atoms with Gasteiger partial charge in [0, 0.05) is 6.07 Å². The van der Waals surface area contributed by atoms with Crippen molar-refractivity contribution in [3.05, 3.63) is 16.4 Å². The van der Waals surface area contributed by atoms with E-state index >= 15 is 0 Å². The summed E-state index contributed by atoms with van der Waals surface area (Å²) in [6.07, 6.45) is 0. The molecule has 42 valence electrons. The van der Waals surface area contributed by atoms with Gasteiger partial charge >= 0.3 is 0 Å². The predicted molar refractivity (Wildman–Crippen MR) is 29.8 cm³/mol. The van der Waals surface area contributed by atoms with Crippen LogP contribution in [0.25, 0.3) is 0 Å². The molecule has 0 atom stereocenters. The highest BCUT2D eigenvalue weighted by atomic mass is 35.5. The number of nitrogens with zero attached hydrogens (tertiary/aromatic N) is 3. The summed E-state index contributed by atoms with van der Waals surface area (Å²) in [4.78, 5) is 0. The third-order valence-electron chi connectivity index (χ3n) is 0.519. The molecule has 8 heavy (non-hydrogen) atoms. The van der Waals surface area contributed by atoms with Crippen LogP contribution in [0, 0.1) is 0 Å². The van der Waals surface area contributed by atoms with Crippen LogP contribution in [0.2, 0.25) is 10.3 Å². The lowest BCUT2D eigenvalue weighted by Gasteiger charge is -1.83. The van der Waals surface area contributed by atoms with Crippen LogP contribution < -0.4 is 0 Å². The van der Waals surface area contributed by atoms with Crippen molar-refractivity contribution in [3.8, 4) is 0 Å². The largest absolute Gasteiger partial charge is 0.156 e. The van der Waals surface area contributed by atoms with Crippen LogP contribution in [0.3, 0.4) is 0 Å². The van der Waals surface area contributed by atoms with Crippen LogP contribution in [-0.2, 0) is 0 Å². The Bertz CT molecular complexity index is 172. The lowest BCUT2D eigenvalue weighted by Crippen LogP contribution is -1.84. The van der Waals surface area contributed by atoms with E-state index in [1.54, 1.807) is 0 Å². The third-order valence-corrected chi connectivity index (χ3v) is 0.888. The highest BCUT2D eigenvalue weighted by molar-refractivity contribution is 6.32. The molecule has 0 saturated heterocycles. The van der Waals surface area contributed by atoms with Gasteiger partial charge in [0.25, 0.3) is 0 Å². The Labute approximate surface area is 55.6 Å². The minimum atomic E-state index is 0.255. The first-order valence-corrected chi connectivity index (χ1v) is 2.56. The fourth-order valence-electron chi connectivity index (χ4n) is 0.264. The number of hydrogen-bond donors (Lipinski definition) is 0. The molecular formula is C3HCl2N3. The van der Waals surface area contributed by atoms with Crippen LogP contribution >= 0.6 is 23.2 Å². The molecule has 1 aromatic heterocycles. The fourth-order valence-corrected chi connectivity index (χ4v) is 0.594. The second-order valence-electron chi connectivity index (χ2n) is 1.08. The summed E-state index contributed by atoms with van der Waals surface area (Å²) in [6.45, 7) is 0. The Balaban J connectivity index is 3.08. The zero-order valence-electron chi connectivity index (χ0n) is 3.67. The topological polar surface area (TPSA) is 38.7 Å². The van der Waals surface area contributed by atoms with Gasteiger partial charge in [0.2, 0.25) is 0 Å². The summed E-state index contributed by atoms with van der Waals surface area (Å²) in [7, 11) is 0. The lowest BCUT2D eigenvalue weighted by atomic mass is 10.7. The Hall–Kier alpha value is -0.410. The molecule has 0 aromatic carbocycles. The summed E-state index contributed by atoms with van der Waals surface area (Å²) in [6, 6.07) is 1.41. The van der Waals surface area contributed by atoms with Gasteiger partial charge in [-0.3, -0.25) is 0 Å². The lowest BCUT2D eigenvalue weighted by molar-refractivity contribution is 0.866. The SMILES string of the molecule is Clc1cc(Cl)nnn1. The van der Waals surface area contributed by atoms with Crippen molar-refractivity contribution in [2.45, 2.75) is 0 Å². The molecule has 0 unspecified atom stereocenters. The molecule has 0 radical (unpaired) electrons. The van der Waals surface area contributed by atoms with Gasteiger partial charge in [0.15, 0.2) is 10.3 Å². The summed E-state index contributed by atoms with van der Waals surface area (Å²) in [5.41, 5.74) is 0. The molecule has 1 rings (SSSR count). The van der Waals surface area contributed by atoms with Crippen LogP contribution in [0.1, 0.15) is 0 Å². The zero-order chi connectivity index (χ0) is 5.98. The summed E-state index contributed by atoms with van der Waals surface area (Å²) < 4.78 is 0. The number of aromatic nitrogens is 3. The highest BCUT2D eigenvalue weighted by Gasteiger charge is 1.89. The minimum Gasteiger partial charge on any atom is -0.118 e. The van der Waals surface area contributed by atoms with Gasteiger partial charge in [-0.1, -0.05) is 23.2 Å². The zero-order valence-corrected chi connectivity index (χ0v) is 5.19. The van der Waals surface area contributed by atoms with Gasteiger partial charge in [-0.2, -0.15) is 0 Å². The predicted octanol–water partition coefficient (Wildman–Crippen LogP) is 1.18. The Morgan fingerprint density at radius 2 is 1.62 bits per heavy atom. The molecule has 0 aliphatic rings. The monoisotopic (exact) mass is 149 g/mol. The molecular weight excluding hydrogens is 149 g/mol. The molecule has 1 heterocycles. The van der Waals surface area contributed by atoms with E-state index in [2.05, 4.69) is 15.4 Å². The van der Waals surface area contributed by atoms with E-state index in [1.165, 1.54) is 6.07 Å². The van der Waals surface area contributed by atoms with Crippen molar-refractivity contribution in [1.29, 1.82) is 0 Å². The van der Waals surface area contributed by atoms with E-state index in [4.69, 9.17) is 23.2 Å². The van der Waals surface area contributed by atoms with E-state index in [0.29, 0.717) is 0 Å². The molecule has 1 aromatic rings. The van der Waals surface area contributed by atoms with Crippen molar-refractivity contribution >= 4 is 23.2 Å². The molecule has 0 N–H and O–H groups in total. The van der Waals surface area contributed by atoms with E-state index in [0.717, 1.165) is 0 Å². The Morgan fingerprint density at radius 3 is 1.88 bits per heavy atom. The molecule has 3 nitrogen and oxygen atoms in total. The summed E-state index contributed by atoms with van der Waals surface area (Å²) in [5.74, 6) is 0. The molecule has 0 saturated carbocycles. The standard InChI is InChI=1S/C3HCl2N3/c4-2-1-3(5)7-8-6-2/h1H. The fraction of sp³-hybridized carbons (Fsp3) is 0.